The van der Waals surface area contributed by atoms with Crippen LogP contribution in [0.1, 0.15) is 36.8 Å². The number of aryl methyl sites for hydroxylation is 1. The molecule has 1 aliphatic carbocycles. The summed E-state index contributed by atoms with van der Waals surface area (Å²) in [6.45, 7) is 2.15. The van der Waals surface area contributed by atoms with Gasteiger partial charge in [0.25, 0.3) is 0 Å². The van der Waals surface area contributed by atoms with Crippen LogP contribution in [0.2, 0.25) is 0 Å². The molecule has 1 saturated carbocycles. The molecule has 0 bridgehead atoms. The second-order valence-corrected chi connectivity index (χ2v) is 5.24. The zero-order valence-corrected chi connectivity index (χ0v) is 10.1. The van der Waals surface area contributed by atoms with E-state index in [1.807, 2.05) is 0 Å². The highest BCUT2D eigenvalue weighted by Gasteiger charge is 2.32. The predicted octanol–water partition coefficient (Wildman–Crippen LogP) is 3.49. The fourth-order valence-electron chi connectivity index (χ4n) is 2.41. The lowest BCUT2D eigenvalue weighted by atomic mass is 9.86. The van der Waals surface area contributed by atoms with Gasteiger partial charge in [0, 0.05) is 10.0 Å². The Morgan fingerprint density at radius 3 is 2.57 bits per heavy atom. The van der Waals surface area contributed by atoms with E-state index in [1.54, 1.807) is 0 Å². The lowest BCUT2D eigenvalue weighted by Crippen LogP contribution is -2.33. The molecular weight excluding hydrogens is 238 g/mol. The fourth-order valence-corrected chi connectivity index (χ4v) is 2.77. The Bertz CT molecular complexity index is 340. The molecule has 14 heavy (non-hydrogen) atoms. The molecule has 1 aromatic rings. The largest absolute Gasteiger partial charge is 0.321 e. The monoisotopic (exact) mass is 253 g/mol. The summed E-state index contributed by atoms with van der Waals surface area (Å²) in [5, 5.41) is 0. The van der Waals surface area contributed by atoms with Crippen LogP contribution in [0.5, 0.6) is 0 Å². The van der Waals surface area contributed by atoms with E-state index in [4.69, 9.17) is 5.73 Å². The summed E-state index contributed by atoms with van der Waals surface area (Å²) in [5.74, 6) is 0. The summed E-state index contributed by atoms with van der Waals surface area (Å²) >= 11 is 3.51. The summed E-state index contributed by atoms with van der Waals surface area (Å²) in [6.07, 6.45) is 4.79. The third-order valence-electron chi connectivity index (χ3n) is 3.23. The van der Waals surface area contributed by atoms with Crippen molar-refractivity contribution in [3.63, 3.8) is 0 Å². The quantitative estimate of drug-likeness (QED) is 0.815. The molecule has 1 nitrogen and oxygen atoms in total. The highest BCUT2D eigenvalue weighted by molar-refractivity contribution is 9.10. The van der Waals surface area contributed by atoms with Gasteiger partial charge in [-0.05, 0) is 43.0 Å². The van der Waals surface area contributed by atoms with Crippen molar-refractivity contribution in [1.82, 2.24) is 0 Å². The minimum Gasteiger partial charge on any atom is -0.321 e. The molecule has 0 radical (unpaired) electrons. The van der Waals surface area contributed by atoms with Crippen LogP contribution in [0, 0.1) is 6.92 Å². The second kappa shape index (κ2) is 3.67. The van der Waals surface area contributed by atoms with Gasteiger partial charge in [-0.1, -0.05) is 34.8 Å². The summed E-state index contributed by atoms with van der Waals surface area (Å²) in [6, 6.07) is 6.41. The van der Waals surface area contributed by atoms with Gasteiger partial charge in [-0.15, -0.1) is 0 Å². The first-order valence-corrected chi connectivity index (χ1v) is 5.97. The minimum atomic E-state index is -0.0616. The Morgan fingerprint density at radius 1 is 1.29 bits per heavy atom. The Balaban J connectivity index is 2.44. The Labute approximate surface area is 93.8 Å². The molecule has 0 aliphatic heterocycles. The van der Waals surface area contributed by atoms with E-state index in [-0.39, 0.29) is 5.54 Å². The van der Waals surface area contributed by atoms with Crippen molar-refractivity contribution in [1.29, 1.82) is 0 Å². The lowest BCUT2D eigenvalue weighted by Gasteiger charge is -2.26. The van der Waals surface area contributed by atoms with Crippen LogP contribution < -0.4 is 5.73 Å². The molecule has 1 aliphatic rings. The van der Waals surface area contributed by atoms with E-state index in [0.29, 0.717) is 0 Å². The van der Waals surface area contributed by atoms with Crippen LogP contribution in [0.15, 0.2) is 22.7 Å². The maximum atomic E-state index is 6.43. The molecule has 0 aromatic heterocycles. The van der Waals surface area contributed by atoms with Crippen molar-refractivity contribution in [2.24, 2.45) is 5.73 Å². The first kappa shape index (κ1) is 10.2. The van der Waals surface area contributed by atoms with Crippen molar-refractivity contribution in [2.45, 2.75) is 38.1 Å². The molecule has 0 spiro atoms. The summed E-state index contributed by atoms with van der Waals surface area (Å²) < 4.78 is 1.13. The van der Waals surface area contributed by atoms with Gasteiger partial charge in [0.15, 0.2) is 0 Å². The highest BCUT2D eigenvalue weighted by Crippen LogP contribution is 2.38. The van der Waals surface area contributed by atoms with Gasteiger partial charge < -0.3 is 5.73 Å². The van der Waals surface area contributed by atoms with Crippen molar-refractivity contribution < 1.29 is 0 Å². The average molecular weight is 254 g/mol. The molecule has 0 unspecified atom stereocenters. The lowest BCUT2D eigenvalue weighted by molar-refractivity contribution is 0.459. The van der Waals surface area contributed by atoms with Gasteiger partial charge in [-0.25, -0.2) is 0 Å². The van der Waals surface area contributed by atoms with Crippen LogP contribution in [0.3, 0.4) is 0 Å². The first-order valence-electron chi connectivity index (χ1n) is 5.17. The van der Waals surface area contributed by atoms with Crippen LogP contribution >= 0.6 is 15.9 Å². The fraction of sp³-hybridized carbons (Fsp3) is 0.500. The standard InChI is InChI=1S/C12H16BrN/c1-9-4-5-10(13)8-11(9)12(14)6-2-3-7-12/h4-5,8H,2-3,6-7,14H2,1H3. The van der Waals surface area contributed by atoms with E-state index in [0.717, 1.165) is 17.3 Å². The van der Waals surface area contributed by atoms with Crippen LogP contribution in [0.4, 0.5) is 0 Å². The predicted molar refractivity (Wildman–Crippen MR) is 63.2 cm³/mol. The summed E-state index contributed by atoms with van der Waals surface area (Å²) in [4.78, 5) is 0. The van der Waals surface area contributed by atoms with Gasteiger partial charge in [0.05, 0.1) is 0 Å². The molecule has 0 atom stereocenters. The van der Waals surface area contributed by atoms with Crippen molar-refractivity contribution in [2.75, 3.05) is 0 Å². The highest BCUT2D eigenvalue weighted by atomic mass is 79.9. The van der Waals surface area contributed by atoms with Gasteiger partial charge in [0.1, 0.15) is 0 Å². The number of hydrogen-bond acceptors (Lipinski definition) is 1. The van der Waals surface area contributed by atoms with Gasteiger partial charge in [-0.3, -0.25) is 0 Å². The molecule has 0 heterocycles. The molecule has 76 valence electrons. The Morgan fingerprint density at radius 2 is 1.93 bits per heavy atom. The third-order valence-corrected chi connectivity index (χ3v) is 3.73. The zero-order valence-electron chi connectivity index (χ0n) is 8.52. The van der Waals surface area contributed by atoms with Crippen LogP contribution in [-0.2, 0) is 5.54 Å². The van der Waals surface area contributed by atoms with E-state index >= 15 is 0 Å². The summed E-state index contributed by atoms with van der Waals surface area (Å²) in [5.41, 5.74) is 9.01. The molecule has 1 aromatic carbocycles. The van der Waals surface area contributed by atoms with Gasteiger partial charge in [0.2, 0.25) is 0 Å². The van der Waals surface area contributed by atoms with E-state index in [9.17, 15) is 0 Å². The maximum Gasteiger partial charge on any atom is 0.0412 e. The number of hydrogen-bond donors (Lipinski definition) is 1. The molecule has 2 rings (SSSR count). The van der Waals surface area contributed by atoms with Crippen LogP contribution in [0.25, 0.3) is 0 Å². The molecule has 0 amide bonds. The second-order valence-electron chi connectivity index (χ2n) is 4.32. The third kappa shape index (κ3) is 1.73. The van der Waals surface area contributed by atoms with Crippen molar-refractivity contribution in [3.05, 3.63) is 33.8 Å². The number of rotatable bonds is 1. The zero-order chi connectivity index (χ0) is 10.2. The van der Waals surface area contributed by atoms with E-state index in [1.165, 1.54) is 24.0 Å². The smallest absolute Gasteiger partial charge is 0.0412 e. The van der Waals surface area contributed by atoms with E-state index < -0.39 is 0 Å². The van der Waals surface area contributed by atoms with Crippen LogP contribution in [-0.4, -0.2) is 0 Å². The van der Waals surface area contributed by atoms with Crippen molar-refractivity contribution in [3.8, 4) is 0 Å². The molecule has 2 heteroatoms. The molecule has 1 fully saturated rings. The number of halogens is 1. The maximum absolute atomic E-state index is 6.43. The SMILES string of the molecule is Cc1ccc(Br)cc1C1(N)CCCC1. The topological polar surface area (TPSA) is 26.0 Å². The number of nitrogens with two attached hydrogens (primary N) is 1. The molecular formula is C12H16BrN. The first-order chi connectivity index (χ1) is 6.62. The Hall–Kier alpha value is -0.340. The summed E-state index contributed by atoms with van der Waals surface area (Å²) in [7, 11) is 0. The van der Waals surface area contributed by atoms with E-state index in [2.05, 4.69) is 41.1 Å². The molecule has 0 saturated heterocycles. The number of benzene rings is 1. The van der Waals surface area contributed by atoms with Crippen molar-refractivity contribution >= 4 is 15.9 Å². The normalized spacial score (nSPS) is 19.9. The average Bonchev–Trinajstić information content (AvgIpc) is 2.58. The minimum absolute atomic E-state index is 0.0616. The van der Waals surface area contributed by atoms with Gasteiger partial charge in [-0.2, -0.15) is 0 Å². The molecule has 2 N–H and O–H groups in total. The Kier molecular flexibility index (Phi) is 2.67. The van der Waals surface area contributed by atoms with Gasteiger partial charge >= 0.3 is 0 Å².